The van der Waals surface area contributed by atoms with Gasteiger partial charge in [-0.25, -0.2) is 0 Å². The molecule has 0 aliphatic carbocycles. The first-order chi connectivity index (χ1) is 7.30. The van der Waals surface area contributed by atoms with Crippen LogP contribution in [0, 0.1) is 0 Å². The number of nitrogens with zero attached hydrogens (tertiary/aromatic N) is 2. The van der Waals surface area contributed by atoms with Crippen LogP contribution in [0.15, 0.2) is 18.2 Å². The zero-order chi connectivity index (χ0) is 11.1. The van der Waals surface area contributed by atoms with Crippen molar-refractivity contribution >= 4 is 0 Å². The topological polar surface area (TPSA) is 42.1 Å². The van der Waals surface area contributed by atoms with Gasteiger partial charge in [-0.15, -0.1) is 0 Å². The molecule has 0 aliphatic rings. The van der Waals surface area contributed by atoms with Crippen molar-refractivity contribution in [2.75, 3.05) is 13.1 Å². The Bertz CT molecular complexity index is 286. The Morgan fingerprint density at radius 1 is 1.27 bits per heavy atom. The first-order valence-corrected chi connectivity index (χ1v) is 5.67. The van der Waals surface area contributed by atoms with Crippen molar-refractivity contribution in [2.24, 2.45) is 5.73 Å². The first-order valence-electron chi connectivity index (χ1n) is 5.67. The second kappa shape index (κ2) is 6.53. The van der Waals surface area contributed by atoms with E-state index in [4.69, 9.17) is 5.73 Å². The van der Waals surface area contributed by atoms with Gasteiger partial charge in [-0.2, -0.15) is 0 Å². The summed E-state index contributed by atoms with van der Waals surface area (Å²) in [5.74, 6) is 0. The minimum Gasteiger partial charge on any atom is -0.325 e. The van der Waals surface area contributed by atoms with Crippen LogP contribution in [0.3, 0.4) is 0 Å². The molecule has 1 rings (SSSR count). The summed E-state index contributed by atoms with van der Waals surface area (Å²) < 4.78 is 0. The first kappa shape index (κ1) is 12.1. The maximum absolute atomic E-state index is 5.56. The number of hydrogen-bond acceptors (Lipinski definition) is 3. The van der Waals surface area contributed by atoms with Gasteiger partial charge in [-0.1, -0.05) is 19.9 Å². The van der Waals surface area contributed by atoms with Crippen molar-refractivity contribution in [2.45, 2.75) is 33.4 Å². The Morgan fingerprint density at radius 3 is 2.60 bits per heavy atom. The third-order valence-corrected chi connectivity index (χ3v) is 2.45. The van der Waals surface area contributed by atoms with Gasteiger partial charge in [0.15, 0.2) is 0 Å². The molecule has 0 radical (unpaired) electrons. The molecule has 3 heteroatoms. The molecule has 0 saturated heterocycles. The monoisotopic (exact) mass is 207 g/mol. The summed E-state index contributed by atoms with van der Waals surface area (Å²) in [6.45, 7) is 8.04. The molecule has 0 aliphatic heterocycles. The molecule has 84 valence electrons. The number of nitrogens with two attached hydrogens (primary N) is 1. The van der Waals surface area contributed by atoms with Crippen LogP contribution in [0.4, 0.5) is 0 Å². The van der Waals surface area contributed by atoms with Crippen molar-refractivity contribution in [3.8, 4) is 0 Å². The molecule has 0 fully saturated rings. The standard InChI is InChI=1S/C12H21N3/c1-3-8-15(4-2)10-12-7-5-6-11(9-13)14-12/h5-7H,3-4,8-10,13H2,1-2H3. The average Bonchev–Trinajstić information content (AvgIpc) is 2.29. The Balaban J connectivity index is 2.61. The SMILES string of the molecule is CCCN(CC)Cc1cccc(CN)n1. The van der Waals surface area contributed by atoms with Crippen molar-refractivity contribution < 1.29 is 0 Å². The number of aromatic nitrogens is 1. The fraction of sp³-hybridized carbons (Fsp3) is 0.583. The van der Waals surface area contributed by atoms with Crippen LogP contribution in [-0.4, -0.2) is 23.0 Å². The van der Waals surface area contributed by atoms with Crippen LogP contribution in [0.5, 0.6) is 0 Å². The summed E-state index contributed by atoms with van der Waals surface area (Å²) in [5.41, 5.74) is 7.66. The third-order valence-electron chi connectivity index (χ3n) is 2.45. The predicted molar refractivity (Wildman–Crippen MR) is 63.4 cm³/mol. The van der Waals surface area contributed by atoms with E-state index in [2.05, 4.69) is 29.8 Å². The van der Waals surface area contributed by atoms with E-state index in [0.29, 0.717) is 6.54 Å². The maximum atomic E-state index is 5.56. The normalized spacial score (nSPS) is 10.9. The summed E-state index contributed by atoms with van der Waals surface area (Å²) in [5, 5.41) is 0. The summed E-state index contributed by atoms with van der Waals surface area (Å²) in [6, 6.07) is 6.07. The largest absolute Gasteiger partial charge is 0.325 e. The van der Waals surface area contributed by atoms with Crippen molar-refractivity contribution in [1.29, 1.82) is 0 Å². The van der Waals surface area contributed by atoms with E-state index in [1.165, 1.54) is 6.42 Å². The second-order valence-corrected chi connectivity index (χ2v) is 3.69. The van der Waals surface area contributed by atoms with Crippen molar-refractivity contribution in [1.82, 2.24) is 9.88 Å². The molecule has 0 spiro atoms. The zero-order valence-corrected chi connectivity index (χ0v) is 9.74. The molecule has 3 nitrogen and oxygen atoms in total. The highest BCUT2D eigenvalue weighted by Gasteiger charge is 2.03. The Hall–Kier alpha value is -0.930. The lowest BCUT2D eigenvalue weighted by molar-refractivity contribution is 0.277. The number of hydrogen-bond donors (Lipinski definition) is 1. The Labute approximate surface area is 92.3 Å². The van der Waals surface area contributed by atoms with E-state index in [0.717, 1.165) is 31.0 Å². The van der Waals surface area contributed by atoms with Crippen LogP contribution >= 0.6 is 0 Å². The zero-order valence-electron chi connectivity index (χ0n) is 9.74. The lowest BCUT2D eigenvalue weighted by Gasteiger charge is -2.19. The lowest BCUT2D eigenvalue weighted by atomic mass is 10.2. The van der Waals surface area contributed by atoms with Gasteiger partial charge >= 0.3 is 0 Å². The van der Waals surface area contributed by atoms with Gasteiger partial charge in [0.1, 0.15) is 0 Å². The molecule has 0 atom stereocenters. The minimum absolute atomic E-state index is 0.522. The van der Waals surface area contributed by atoms with Gasteiger partial charge in [0.2, 0.25) is 0 Å². The Morgan fingerprint density at radius 2 is 2.00 bits per heavy atom. The molecule has 0 saturated carbocycles. The lowest BCUT2D eigenvalue weighted by Crippen LogP contribution is -2.24. The predicted octanol–water partition coefficient (Wildman–Crippen LogP) is 1.77. The molecule has 0 bridgehead atoms. The van der Waals surface area contributed by atoms with E-state index >= 15 is 0 Å². The van der Waals surface area contributed by atoms with Crippen molar-refractivity contribution in [3.63, 3.8) is 0 Å². The van der Waals surface area contributed by atoms with Gasteiger partial charge in [-0.3, -0.25) is 9.88 Å². The number of pyridine rings is 1. The summed E-state index contributed by atoms with van der Waals surface area (Å²) in [6.07, 6.45) is 1.18. The fourth-order valence-electron chi connectivity index (χ4n) is 1.63. The van der Waals surface area contributed by atoms with Crippen LogP contribution in [-0.2, 0) is 13.1 Å². The third kappa shape index (κ3) is 3.98. The highest BCUT2D eigenvalue weighted by Crippen LogP contribution is 2.04. The fourth-order valence-corrected chi connectivity index (χ4v) is 1.63. The smallest absolute Gasteiger partial charge is 0.0547 e. The van der Waals surface area contributed by atoms with E-state index in [1.54, 1.807) is 0 Å². The van der Waals surface area contributed by atoms with Gasteiger partial charge in [0.25, 0.3) is 0 Å². The van der Waals surface area contributed by atoms with Crippen LogP contribution in [0.25, 0.3) is 0 Å². The summed E-state index contributed by atoms with van der Waals surface area (Å²) in [4.78, 5) is 6.89. The van der Waals surface area contributed by atoms with Gasteiger partial charge < -0.3 is 5.73 Å². The molecule has 1 heterocycles. The van der Waals surface area contributed by atoms with E-state index < -0.39 is 0 Å². The molecular formula is C12H21N3. The average molecular weight is 207 g/mol. The summed E-state index contributed by atoms with van der Waals surface area (Å²) >= 11 is 0. The van der Waals surface area contributed by atoms with Gasteiger partial charge in [-0.05, 0) is 31.6 Å². The molecule has 2 N–H and O–H groups in total. The van der Waals surface area contributed by atoms with E-state index in [9.17, 15) is 0 Å². The molecule has 15 heavy (non-hydrogen) atoms. The molecule has 1 aromatic heterocycles. The quantitative estimate of drug-likeness (QED) is 0.773. The van der Waals surface area contributed by atoms with Crippen LogP contribution in [0.1, 0.15) is 31.7 Å². The van der Waals surface area contributed by atoms with Crippen molar-refractivity contribution in [3.05, 3.63) is 29.6 Å². The second-order valence-electron chi connectivity index (χ2n) is 3.69. The number of rotatable bonds is 6. The highest BCUT2D eigenvalue weighted by atomic mass is 15.1. The van der Waals surface area contributed by atoms with E-state index in [1.807, 2.05) is 12.1 Å². The molecule has 0 aromatic carbocycles. The Kier molecular flexibility index (Phi) is 5.29. The molecule has 1 aromatic rings. The van der Waals surface area contributed by atoms with Gasteiger partial charge in [0, 0.05) is 13.1 Å². The summed E-state index contributed by atoms with van der Waals surface area (Å²) in [7, 11) is 0. The molecule has 0 unspecified atom stereocenters. The molecule has 0 amide bonds. The minimum atomic E-state index is 0.522. The van der Waals surface area contributed by atoms with Crippen LogP contribution < -0.4 is 5.73 Å². The van der Waals surface area contributed by atoms with E-state index in [-0.39, 0.29) is 0 Å². The van der Waals surface area contributed by atoms with Gasteiger partial charge in [0.05, 0.1) is 11.4 Å². The van der Waals surface area contributed by atoms with Crippen LogP contribution in [0.2, 0.25) is 0 Å². The maximum Gasteiger partial charge on any atom is 0.0547 e. The molecular weight excluding hydrogens is 186 g/mol. The highest BCUT2D eigenvalue weighted by molar-refractivity contribution is 5.10.